The number of hydrogen-bond donors (Lipinski definition) is 0. The number of rotatable bonds is 12. The fraction of sp³-hybridized carbons (Fsp3) is 1.00. The zero-order valence-corrected chi connectivity index (χ0v) is 12.8. The molecule has 0 amide bonds. The Labute approximate surface area is 110 Å². The molecule has 1 nitrogen and oxygen atoms in total. The highest BCUT2D eigenvalue weighted by Gasteiger charge is 2.05. The van der Waals surface area contributed by atoms with E-state index >= 15 is 0 Å². The molecule has 0 aromatic heterocycles. The van der Waals surface area contributed by atoms with E-state index in [-0.39, 0.29) is 0 Å². The van der Waals surface area contributed by atoms with Crippen molar-refractivity contribution in [3.63, 3.8) is 0 Å². The van der Waals surface area contributed by atoms with Gasteiger partial charge in [-0.25, -0.2) is 0 Å². The lowest BCUT2D eigenvalue weighted by atomic mass is 9.93. The Bertz CT molecular complexity index is 142. The van der Waals surface area contributed by atoms with Gasteiger partial charge in [0, 0.05) is 0 Å². The van der Waals surface area contributed by atoms with E-state index in [2.05, 4.69) is 32.8 Å². The van der Waals surface area contributed by atoms with Crippen LogP contribution in [0.15, 0.2) is 0 Å². The van der Waals surface area contributed by atoms with Gasteiger partial charge in [-0.2, -0.15) is 0 Å². The summed E-state index contributed by atoms with van der Waals surface area (Å²) < 4.78 is 0. The Hall–Kier alpha value is -0.0400. The van der Waals surface area contributed by atoms with Crippen molar-refractivity contribution >= 4 is 0 Å². The first kappa shape index (κ1) is 17.0. The smallest absolute Gasteiger partial charge is 0.00247 e. The Morgan fingerprint density at radius 2 is 1.35 bits per heavy atom. The fourth-order valence-corrected chi connectivity index (χ4v) is 2.46. The van der Waals surface area contributed by atoms with Crippen LogP contribution in [-0.4, -0.2) is 25.5 Å². The van der Waals surface area contributed by atoms with Gasteiger partial charge in [0.25, 0.3) is 0 Å². The Kier molecular flexibility index (Phi) is 12.4. The highest BCUT2D eigenvalue weighted by molar-refractivity contribution is 4.59. The third kappa shape index (κ3) is 12.2. The molecule has 0 heterocycles. The maximum atomic E-state index is 2.36. The van der Waals surface area contributed by atoms with Gasteiger partial charge in [-0.1, -0.05) is 65.2 Å². The van der Waals surface area contributed by atoms with Gasteiger partial charge < -0.3 is 4.90 Å². The van der Waals surface area contributed by atoms with E-state index in [0.717, 1.165) is 5.92 Å². The molecule has 1 heteroatoms. The zero-order chi connectivity index (χ0) is 12.9. The molecule has 1 unspecified atom stereocenters. The normalized spacial score (nSPS) is 13.2. The molecule has 0 aliphatic carbocycles. The van der Waals surface area contributed by atoms with Crippen LogP contribution in [0.25, 0.3) is 0 Å². The molecule has 17 heavy (non-hydrogen) atoms. The van der Waals surface area contributed by atoms with Crippen LogP contribution in [0, 0.1) is 5.92 Å². The molecule has 0 saturated heterocycles. The topological polar surface area (TPSA) is 3.24 Å². The molecule has 0 radical (unpaired) electrons. The van der Waals surface area contributed by atoms with Crippen molar-refractivity contribution in [1.29, 1.82) is 0 Å². The van der Waals surface area contributed by atoms with Gasteiger partial charge in [0.05, 0.1) is 0 Å². The minimum Gasteiger partial charge on any atom is -0.309 e. The van der Waals surface area contributed by atoms with Gasteiger partial charge in [-0.15, -0.1) is 0 Å². The number of hydrogen-bond acceptors (Lipinski definition) is 1. The molecule has 0 rings (SSSR count). The van der Waals surface area contributed by atoms with E-state index in [4.69, 9.17) is 0 Å². The molecule has 0 aromatic rings. The molecule has 0 aliphatic rings. The maximum Gasteiger partial charge on any atom is -0.00247 e. The highest BCUT2D eigenvalue weighted by atomic mass is 15.0. The average Bonchev–Trinajstić information content (AvgIpc) is 2.30. The van der Waals surface area contributed by atoms with Crippen molar-refractivity contribution in [2.24, 2.45) is 5.92 Å². The standard InChI is InChI=1S/C16H35N/c1-5-7-8-9-10-11-13-16(6-2)14-12-15-17(3)4/h16H,5-15H2,1-4H3. The quantitative estimate of drug-likeness (QED) is 0.429. The lowest BCUT2D eigenvalue weighted by Gasteiger charge is -2.16. The summed E-state index contributed by atoms with van der Waals surface area (Å²) in [6, 6.07) is 0. The minimum atomic E-state index is 0.987. The molecular weight excluding hydrogens is 206 g/mol. The second kappa shape index (κ2) is 12.4. The largest absolute Gasteiger partial charge is 0.309 e. The van der Waals surface area contributed by atoms with Crippen LogP contribution in [0.5, 0.6) is 0 Å². The van der Waals surface area contributed by atoms with E-state index in [0.29, 0.717) is 0 Å². The molecular formula is C16H35N. The van der Waals surface area contributed by atoms with Crippen LogP contribution < -0.4 is 0 Å². The third-order valence-electron chi connectivity index (χ3n) is 3.76. The molecule has 0 aliphatic heterocycles. The van der Waals surface area contributed by atoms with Crippen LogP contribution in [0.4, 0.5) is 0 Å². The maximum absolute atomic E-state index is 2.36. The van der Waals surface area contributed by atoms with E-state index in [1.54, 1.807) is 0 Å². The molecule has 0 saturated carbocycles. The molecule has 0 N–H and O–H groups in total. The predicted octanol–water partition coefficient (Wildman–Crippen LogP) is 5.11. The first-order valence-electron chi connectivity index (χ1n) is 7.85. The van der Waals surface area contributed by atoms with Crippen LogP contribution in [0.3, 0.4) is 0 Å². The van der Waals surface area contributed by atoms with E-state index in [1.165, 1.54) is 70.8 Å². The number of unbranched alkanes of at least 4 members (excludes halogenated alkanes) is 5. The summed E-state index contributed by atoms with van der Waals surface area (Å²) in [4.78, 5) is 2.30. The Morgan fingerprint density at radius 1 is 0.765 bits per heavy atom. The summed E-state index contributed by atoms with van der Waals surface area (Å²) >= 11 is 0. The van der Waals surface area contributed by atoms with Gasteiger partial charge in [0.2, 0.25) is 0 Å². The first-order valence-corrected chi connectivity index (χ1v) is 7.85. The van der Waals surface area contributed by atoms with Crippen molar-refractivity contribution in [3.8, 4) is 0 Å². The van der Waals surface area contributed by atoms with E-state index in [1.807, 2.05) is 0 Å². The van der Waals surface area contributed by atoms with E-state index < -0.39 is 0 Å². The molecule has 104 valence electrons. The summed E-state index contributed by atoms with van der Waals surface area (Å²) in [6.07, 6.45) is 14.3. The first-order chi connectivity index (χ1) is 8.20. The number of nitrogens with zero attached hydrogens (tertiary/aromatic N) is 1. The van der Waals surface area contributed by atoms with Crippen molar-refractivity contribution in [3.05, 3.63) is 0 Å². The van der Waals surface area contributed by atoms with Gasteiger partial charge in [0.1, 0.15) is 0 Å². The van der Waals surface area contributed by atoms with Crippen molar-refractivity contribution in [2.75, 3.05) is 20.6 Å². The van der Waals surface area contributed by atoms with Crippen LogP contribution >= 0.6 is 0 Å². The molecule has 0 bridgehead atoms. The van der Waals surface area contributed by atoms with Crippen LogP contribution in [0.2, 0.25) is 0 Å². The Balaban J connectivity index is 3.35. The summed E-state index contributed by atoms with van der Waals surface area (Å²) in [5.41, 5.74) is 0. The van der Waals surface area contributed by atoms with Crippen molar-refractivity contribution < 1.29 is 0 Å². The van der Waals surface area contributed by atoms with Crippen molar-refractivity contribution in [1.82, 2.24) is 4.90 Å². The zero-order valence-electron chi connectivity index (χ0n) is 12.8. The van der Waals surface area contributed by atoms with Crippen LogP contribution in [-0.2, 0) is 0 Å². The Morgan fingerprint density at radius 3 is 1.94 bits per heavy atom. The van der Waals surface area contributed by atoms with Gasteiger partial charge in [-0.05, 0) is 39.4 Å². The molecule has 0 fully saturated rings. The summed E-state index contributed by atoms with van der Waals surface area (Å²) in [7, 11) is 4.35. The summed E-state index contributed by atoms with van der Waals surface area (Å²) in [6.45, 7) is 5.91. The van der Waals surface area contributed by atoms with Crippen LogP contribution in [0.1, 0.15) is 78.1 Å². The predicted molar refractivity (Wildman–Crippen MR) is 79.6 cm³/mol. The summed E-state index contributed by atoms with van der Waals surface area (Å²) in [5, 5.41) is 0. The highest BCUT2D eigenvalue weighted by Crippen LogP contribution is 2.19. The minimum absolute atomic E-state index is 0.987. The second-order valence-electron chi connectivity index (χ2n) is 5.78. The van der Waals surface area contributed by atoms with Crippen molar-refractivity contribution in [2.45, 2.75) is 78.1 Å². The second-order valence-corrected chi connectivity index (χ2v) is 5.78. The third-order valence-corrected chi connectivity index (χ3v) is 3.76. The fourth-order valence-electron chi connectivity index (χ4n) is 2.46. The van der Waals surface area contributed by atoms with Gasteiger partial charge >= 0.3 is 0 Å². The summed E-state index contributed by atoms with van der Waals surface area (Å²) in [5.74, 6) is 0.987. The van der Waals surface area contributed by atoms with Gasteiger partial charge in [-0.3, -0.25) is 0 Å². The average molecular weight is 241 g/mol. The van der Waals surface area contributed by atoms with Gasteiger partial charge in [0.15, 0.2) is 0 Å². The molecule has 0 aromatic carbocycles. The molecule has 1 atom stereocenters. The van der Waals surface area contributed by atoms with E-state index in [9.17, 15) is 0 Å². The lowest BCUT2D eigenvalue weighted by molar-refractivity contribution is 0.345. The molecule has 0 spiro atoms. The lowest BCUT2D eigenvalue weighted by Crippen LogP contribution is -2.14. The SMILES string of the molecule is CCCCCCCCC(CC)CCCN(C)C. The monoisotopic (exact) mass is 241 g/mol.